The zero-order valence-corrected chi connectivity index (χ0v) is 5.72. The lowest BCUT2D eigenvalue weighted by atomic mass is 10.7. The van der Waals surface area contributed by atoms with E-state index in [0.29, 0.717) is 0 Å². The van der Waals surface area contributed by atoms with Crippen LogP contribution in [0.5, 0.6) is 6.01 Å². The molecule has 9 heavy (non-hydrogen) atoms. The van der Waals surface area contributed by atoms with E-state index in [1.54, 1.807) is 24.2 Å². The highest BCUT2D eigenvalue weighted by molar-refractivity contribution is 7.98. The summed E-state index contributed by atoms with van der Waals surface area (Å²) in [6, 6.07) is -0.173. The van der Waals surface area contributed by atoms with Crippen molar-refractivity contribution < 1.29 is 5.11 Å². The largest absolute Gasteiger partial charge is 0.479 e. The molecule has 0 atom stereocenters. The minimum absolute atomic E-state index is 0.173. The summed E-state index contributed by atoms with van der Waals surface area (Å²) in [6.07, 6.45) is 5.08. The summed E-state index contributed by atoms with van der Waals surface area (Å²) < 4.78 is 0. The van der Waals surface area contributed by atoms with Gasteiger partial charge in [-0.2, -0.15) is 0 Å². The summed E-state index contributed by atoms with van der Waals surface area (Å²) in [4.78, 5) is 8.10. The maximum atomic E-state index is 8.62. The third kappa shape index (κ3) is 1.57. The molecule has 0 spiro atoms. The summed E-state index contributed by atoms with van der Waals surface area (Å²) in [6.45, 7) is 0. The number of rotatable bonds is 1. The van der Waals surface area contributed by atoms with Crippen LogP contribution in [0.4, 0.5) is 0 Å². The van der Waals surface area contributed by atoms with Gasteiger partial charge in [0.25, 0.3) is 0 Å². The molecular weight excluding hydrogens is 136 g/mol. The molecule has 0 radical (unpaired) electrons. The summed E-state index contributed by atoms with van der Waals surface area (Å²) in [5.41, 5.74) is 0. The monoisotopic (exact) mass is 142 g/mol. The first-order chi connectivity index (χ1) is 4.33. The molecule has 0 unspecified atom stereocenters. The Morgan fingerprint density at radius 2 is 2.00 bits per heavy atom. The molecule has 48 valence electrons. The van der Waals surface area contributed by atoms with Crippen LogP contribution in [-0.2, 0) is 0 Å². The first-order valence-electron chi connectivity index (χ1n) is 2.38. The van der Waals surface area contributed by atoms with Crippen molar-refractivity contribution in [3.05, 3.63) is 12.4 Å². The normalized spacial score (nSPS) is 9.44. The second-order valence-corrected chi connectivity index (χ2v) is 2.30. The van der Waals surface area contributed by atoms with E-state index in [9.17, 15) is 0 Å². The van der Waals surface area contributed by atoms with Crippen LogP contribution in [0.25, 0.3) is 0 Å². The molecule has 1 heterocycles. The Labute approximate surface area is 57.2 Å². The maximum absolute atomic E-state index is 8.62. The van der Waals surface area contributed by atoms with Crippen molar-refractivity contribution in [1.29, 1.82) is 0 Å². The fourth-order valence-corrected chi connectivity index (χ4v) is 0.731. The van der Waals surface area contributed by atoms with E-state index in [-0.39, 0.29) is 6.01 Å². The van der Waals surface area contributed by atoms with Crippen LogP contribution in [0.1, 0.15) is 0 Å². The number of aromatic hydroxyl groups is 1. The quantitative estimate of drug-likeness (QED) is 0.592. The van der Waals surface area contributed by atoms with E-state index in [2.05, 4.69) is 9.97 Å². The van der Waals surface area contributed by atoms with Crippen molar-refractivity contribution in [1.82, 2.24) is 9.97 Å². The van der Waals surface area contributed by atoms with Gasteiger partial charge in [-0.15, -0.1) is 11.8 Å². The van der Waals surface area contributed by atoms with Gasteiger partial charge in [0.1, 0.15) is 0 Å². The molecule has 0 aliphatic heterocycles. The van der Waals surface area contributed by atoms with Gasteiger partial charge in [-0.3, -0.25) is 0 Å². The molecule has 1 rings (SSSR count). The van der Waals surface area contributed by atoms with Crippen LogP contribution in [-0.4, -0.2) is 21.3 Å². The molecule has 0 amide bonds. The molecule has 1 aromatic rings. The fraction of sp³-hybridized carbons (Fsp3) is 0.200. The van der Waals surface area contributed by atoms with E-state index in [0.717, 1.165) is 4.90 Å². The van der Waals surface area contributed by atoms with Crippen LogP contribution < -0.4 is 0 Å². The van der Waals surface area contributed by atoms with Gasteiger partial charge in [0, 0.05) is 17.3 Å². The van der Waals surface area contributed by atoms with Crippen LogP contribution in [0.15, 0.2) is 17.3 Å². The lowest BCUT2D eigenvalue weighted by molar-refractivity contribution is 0.429. The lowest BCUT2D eigenvalue weighted by Crippen LogP contribution is -1.79. The molecule has 1 aromatic heterocycles. The Hall–Kier alpha value is -0.770. The minimum atomic E-state index is -0.173. The van der Waals surface area contributed by atoms with Gasteiger partial charge in [-0.1, -0.05) is 0 Å². The van der Waals surface area contributed by atoms with Crippen LogP contribution >= 0.6 is 11.8 Å². The standard InChI is InChI=1S/C5H6N2OS/c1-9-4-2-6-5(8)7-3-4/h2-3H,1H3,(H,6,7,8). The molecular formula is C5H6N2OS. The van der Waals surface area contributed by atoms with E-state index < -0.39 is 0 Å². The molecule has 0 aromatic carbocycles. The number of nitrogens with zero attached hydrogens (tertiary/aromatic N) is 2. The van der Waals surface area contributed by atoms with Gasteiger partial charge >= 0.3 is 6.01 Å². The summed E-state index contributed by atoms with van der Waals surface area (Å²) in [5.74, 6) is 0. The Kier molecular flexibility index (Phi) is 1.89. The smallest absolute Gasteiger partial charge is 0.313 e. The van der Waals surface area contributed by atoms with Crippen LogP contribution in [0, 0.1) is 0 Å². The number of hydrogen-bond donors (Lipinski definition) is 1. The predicted molar refractivity (Wildman–Crippen MR) is 35.5 cm³/mol. The Bertz CT molecular complexity index is 187. The first kappa shape index (κ1) is 6.35. The van der Waals surface area contributed by atoms with Crippen molar-refractivity contribution >= 4 is 11.8 Å². The Morgan fingerprint density at radius 3 is 2.44 bits per heavy atom. The summed E-state index contributed by atoms with van der Waals surface area (Å²) in [5, 5.41) is 8.62. The molecule has 0 aliphatic rings. The van der Waals surface area contributed by atoms with Crippen molar-refractivity contribution in [2.75, 3.05) is 6.26 Å². The van der Waals surface area contributed by atoms with Gasteiger partial charge in [-0.05, 0) is 6.26 Å². The number of hydrogen-bond acceptors (Lipinski definition) is 4. The summed E-state index contributed by atoms with van der Waals surface area (Å²) >= 11 is 1.54. The van der Waals surface area contributed by atoms with Gasteiger partial charge in [0.05, 0.1) is 0 Å². The number of thioether (sulfide) groups is 1. The lowest BCUT2D eigenvalue weighted by Gasteiger charge is -1.91. The molecule has 0 aliphatic carbocycles. The van der Waals surface area contributed by atoms with Crippen molar-refractivity contribution in [3.8, 4) is 6.01 Å². The van der Waals surface area contributed by atoms with Gasteiger partial charge in [-0.25, -0.2) is 9.97 Å². The fourth-order valence-electron chi connectivity index (χ4n) is 0.415. The highest BCUT2D eigenvalue weighted by Crippen LogP contribution is 2.11. The SMILES string of the molecule is CSc1cnc(O)nc1. The highest BCUT2D eigenvalue weighted by atomic mass is 32.2. The third-order valence-corrected chi connectivity index (χ3v) is 1.53. The molecule has 0 fully saturated rings. The van der Waals surface area contributed by atoms with Gasteiger partial charge in [0.15, 0.2) is 0 Å². The second-order valence-electron chi connectivity index (χ2n) is 1.42. The average Bonchev–Trinajstić information content (AvgIpc) is 1.90. The van der Waals surface area contributed by atoms with E-state index in [4.69, 9.17) is 5.11 Å². The molecule has 4 heteroatoms. The van der Waals surface area contributed by atoms with Crippen molar-refractivity contribution in [3.63, 3.8) is 0 Å². The third-order valence-electron chi connectivity index (χ3n) is 0.850. The summed E-state index contributed by atoms with van der Waals surface area (Å²) in [7, 11) is 0. The van der Waals surface area contributed by atoms with Crippen LogP contribution in [0.2, 0.25) is 0 Å². The van der Waals surface area contributed by atoms with Gasteiger partial charge < -0.3 is 5.11 Å². The maximum Gasteiger partial charge on any atom is 0.313 e. The topological polar surface area (TPSA) is 46.0 Å². The molecule has 1 N–H and O–H groups in total. The average molecular weight is 142 g/mol. The van der Waals surface area contributed by atoms with Crippen molar-refractivity contribution in [2.45, 2.75) is 4.90 Å². The molecule has 3 nitrogen and oxygen atoms in total. The Morgan fingerprint density at radius 1 is 1.44 bits per heavy atom. The van der Waals surface area contributed by atoms with E-state index in [1.807, 2.05) is 6.26 Å². The van der Waals surface area contributed by atoms with Gasteiger partial charge in [0.2, 0.25) is 0 Å². The molecule has 0 bridgehead atoms. The zero-order chi connectivity index (χ0) is 6.69. The second kappa shape index (κ2) is 2.68. The Balaban J connectivity index is 2.88. The minimum Gasteiger partial charge on any atom is -0.479 e. The highest BCUT2D eigenvalue weighted by Gasteiger charge is 1.90. The zero-order valence-electron chi connectivity index (χ0n) is 4.90. The van der Waals surface area contributed by atoms with E-state index >= 15 is 0 Å². The van der Waals surface area contributed by atoms with Crippen molar-refractivity contribution in [2.24, 2.45) is 0 Å². The number of aromatic nitrogens is 2. The van der Waals surface area contributed by atoms with E-state index in [1.165, 1.54) is 0 Å². The molecule has 0 saturated heterocycles. The van der Waals surface area contributed by atoms with Crippen LogP contribution in [0.3, 0.4) is 0 Å². The predicted octanol–water partition coefficient (Wildman–Crippen LogP) is 0.904. The first-order valence-corrected chi connectivity index (χ1v) is 3.60. The molecule has 0 saturated carbocycles.